The van der Waals surface area contributed by atoms with Crippen LogP contribution in [0.1, 0.15) is 16.7 Å². The molecule has 0 radical (unpaired) electrons. The summed E-state index contributed by atoms with van der Waals surface area (Å²) in [6.07, 6.45) is 2.17. The first-order chi connectivity index (χ1) is 14.7. The van der Waals surface area contributed by atoms with Gasteiger partial charge in [-0.3, -0.25) is 4.90 Å². The summed E-state index contributed by atoms with van der Waals surface area (Å²) >= 11 is 12.9. The molecule has 0 amide bonds. The Kier molecular flexibility index (Phi) is 5.43. The van der Waals surface area contributed by atoms with Crippen LogP contribution in [0, 0.1) is 0 Å². The number of para-hydroxylation sites is 1. The van der Waals surface area contributed by atoms with Gasteiger partial charge in [-0.05, 0) is 42.0 Å². The largest absolute Gasteiger partial charge is 0.456 e. The lowest BCUT2D eigenvalue weighted by Crippen LogP contribution is -2.44. The summed E-state index contributed by atoms with van der Waals surface area (Å²) in [7, 11) is 0. The zero-order valence-corrected chi connectivity index (χ0v) is 18.0. The number of hydrogen-bond acceptors (Lipinski definition) is 3. The van der Waals surface area contributed by atoms with Crippen molar-refractivity contribution < 1.29 is 4.74 Å². The average Bonchev–Trinajstić information content (AvgIpc) is 2.94. The second-order valence-corrected chi connectivity index (χ2v) is 8.45. The van der Waals surface area contributed by atoms with E-state index in [1.807, 2.05) is 48.5 Å². The third kappa shape index (κ3) is 3.81. The van der Waals surface area contributed by atoms with E-state index in [2.05, 4.69) is 34.1 Å². The maximum atomic E-state index is 6.53. The number of piperazine rings is 1. The molecule has 1 fully saturated rings. The van der Waals surface area contributed by atoms with E-state index in [0.29, 0.717) is 5.02 Å². The Balaban J connectivity index is 1.41. The van der Waals surface area contributed by atoms with Crippen molar-refractivity contribution in [3.8, 4) is 11.5 Å². The molecular formula is C25H22Cl2N2O. The van der Waals surface area contributed by atoms with E-state index in [9.17, 15) is 0 Å². The third-order valence-corrected chi connectivity index (χ3v) is 6.44. The van der Waals surface area contributed by atoms with Gasteiger partial charge in [0.25, 0.3) is 0 Å². The molecule has 5 heteroatoms. The van der Waals surface area contributed by atoms with Crippen molar-refractivity contribution in [1.82, 2.24) is 9.80 Å². The predicted octanol–water partition coefficient (Wildman–Crippen LogP) is 6.42. The molecule has 0 atom stereocenters. The molecule has 0 bridgehead atoms. The summed E-state index contributed by atoms with van der Waals surface area (Å²) < 4.78 is 6.23. The lowest BCUT2D eigenvalue weighted by atomic mass is 10.1. The minimum absolute atomic E-state index is 0.704. The van der Waals surface area contributed by atoms with Crippen molar-refractivity contribution in [3.63, 3.8) is 0 Å². The van der Waals surface area contributed by atoms with Gasteiger partial charge in [-0.1, -0.05) is 59.6 Å². The summed E-state index contributed by atoms with van der Waals surface area (Å²) in [6.45, 7) is 4.69. The Morgan fingerprint density at radius 1 is 0.733 bits per heavy atom. The molecule has 152 valence electrons. The van der Waals surface area contributed by atoms with Gasteiger partial charge in [-0.2, -0.15) is 0 Å². The number of nitrogens with zero attached hydrogens (tertiary/aromatic N) is 2. The van der Waals surface area contributed by atoms with Crippen LogP contribution in [0.5, 0.6) is 11.5 Å². The first-order valence-corrected chi connectivity index (χ1v) is 10.9. The Bertz CT molecular complexity index is 1100. The molecule has 2 aliphatic rings. The highest BCUT2D eigenvalue weighted by Gasteiger charge is 2.25. The second kappa shape index (κ2) is 8.35. The van der Waals surface area contributed by atoms with E-state index in [-0.39, 0.29) is 0 Å². The molecule has 5 rings (SSSR count). The standard InChI is InChI=1S/C25H22Cl2N2O/c26-21-8-3-1-6-18(21)17-28-12-14-29(15-13-28)23-16-20-22(27)9-5-11-25(20)30-24-10-4-2-7-19(23)24/h1-11,16H,12-15,17H2. The van der Waals surface area contributed by atoms with Gasteiger partial charge in [0.05, 0.1) is 5.02 Å². The van der Waals surface area contributed by atoms with Crippen LogP contribution in [0.3, 0.4) is 0 Å². The zero-order chi connectivity index (χ0) is 20.5. The average molecular weight is 437 g/mol. The SMILES string of the molecule is Clc1ccccc1CN1CCN(C2=Cc3c(Cl)cccc3Oc3ccccc32)CC1. The fourth-order valence-corrected chi connectivity index (χ4v) is 4.54. The minimum Gasteiger partial charge on any atom is -0.456 e. The van der Waals surface area contributed by atoms with Gasteiger partial charge in [0, 0.05) is 54.6 Å². The van der Waals surface area contributed by atoms with E-state index in [1.165, 1.54) is 5.56 Å². The maximum Gasteiger partial charge on any atom is 0.136 e. The second-order valence-electron chi connectivity index (χ2n) is 7.63. The van der Waals surface area contributed by atoms with Crippen LogP contribution in [0.2, 0.25) is 10.0 Å². The summed E-state index contributed by atoms with van der Waals surface area (Å²) in [5, 5.41) is 1.54. The van der Waals surface area contributed by atoms with Crippen molar-refractivity contribution in [1.29, 1.82) is 0 Å². The molecule has 0 saturated carbocycles. The maximum absolute atomic E-state index is 6.53. The highest BCUT2D eigenvalue weighted by Crippen LogP contribution is 2.41. The summed E-state index contributed by atoms with van der Waals surface area (Å²) in [4.78, 5) is 4.89. The molecule has 1 saturated heterocycles. The van der Waals surface area contributed by atoms with Gasteiger partial charge in [-0.25, -0.2) is 0 Å². The first kappa shape index (κ1) is 19.5. The lowest BCUT2D eigenvalue weighted by molar-refractivity contribution is 0.169. The Morgan fingerprint density at radius 3 is 2.27 bits per heavy atom. The molecule has 0 aromatic heterocycles. The Hall–Kier alpha value is -2.46. The molecule has 2 aliphatic heterocycles. The number of halogens is 2. The van der Waals surface area contributed by atoms with Gasteiger partial charge in [0.1, 0.15) is 11.5 Å². The fraction of sp³-hybridized carbons (Fsp3) is 0.200. The van der Waals surface area contributed by atoms with Crippen LogP contribution in [-0.2, 0) is 6.54 Å². The van der Waals surface area contributed by atoms with E-state index < -0.39 is 0 Å². The number of hydrogen-bond donors (Lipinski definition) is 0. The highest BCUT2D eigenvalue weighted by atomic mass is 35.5. The molecule has 0 N–H and O–H groups in total. The van der Waals surface area contributed by atoms with Crippen molar-refractivity contribution in [3.05, 3.63) is 93.5 Å². The number of benzene rings is 3. The normalized spacial score (nSPS) is 16.2. The van der Waals surface area contributed by atoms with Crippen LogP contribution in [0.25, 0.3) is 11.8 Å². The molecule has 3 aromatic rings. The van der Waals surface area contributed by atoms with Crippen molar-refractivity contribution in [2.45, 2.75) is 6.54 Å². The zero-order valence-electron chi connectivity index (χ0n) is 16.5. The lowest BCUT2D eigenvalue weighted by Gasteiger charge is -2.37. The summed E-state index contributed by atoms with van der Waals surface area (Å²) in [5.74, 6) is 1.66. The van der Waals surface area contributed by atoms with E-state index >= 15 is 0 Å². The fourth-order valence-electron chi connectivity index (χ4n) is 4.12. The monoisotopic (exact) mass is 436 g/mol. The van der Waals surface area contributed by atoms with Gasteiger partial charge in [0.15, 0.2) is 0 Å². The molecule has 30 heavy (non-hydrogen) atoms. The van der Waals surface area contributed by atoms with Crippen LogP contribution in [0.4, 0.5) is 0 Å². The number of fused-ring (bicyclic) bond motifs is 2. The minimum atomic E-state index is 0.704. The van der Waals surface area contributed by atoms with Gasteiger partial charge < -0.3 is 9.64 Å². The molecule has 0 unspecified atom stereocenters. The quantitative estimate of drug-likeness (QED) is 0.471. The number of ether oxygens (including phenoxy) is 1. The van der Waals surface area contributed by atoms with E-state index in [1.54, 1.807) is 0 Å². The van der Waals surface area contributed by atoms with Gasteiger partial charge in [0.2, 0.25) is 0 Å². The number of rotatable bonds is 3. The van der Waals surface area contributed by atoms with E-state index in [0.717, 1.165) is 66.1 Å². The molecule has 0 spiro atoms. The van der Waals surface area contributed by atoms with Gasteiger partial charge >= 0.3 is 0 Å². The van der Waals surface area contributed by atoms with Gasteiger partial charge in [-0.15, -0.1) is 0 Å². The van der Waals surface area contributed by atoms with Crippen LogP contribution < -0.4 is 4.74 Å². The summed E-state index contributed by atoms with van der Waals surface area (Å²) in [5.41, 5.74) is 4.38. The highest BCUT2D eigenvalue weighted by molar-refractivity contribution is 6.32. The van der Waals surface area contributed by atoms with Crippen molar-refractivity contribution >= 4 is 35.0 Å². The Labute approximate surface area is 187 Å². The van der Waals surface area contributed by atoms with E-state index in [4.69, 9.17) is 27.9 Å². The van der Waals surface area contributed by atoms with Crippen molar-refractivity contribution in [2.24, 2.45) is 0 Å². The van der Waals surface area contributed by atoms with Crippen LogP contribution >= 0.6 is 23.2 Å². The summed E-state index contributed by atoms with van der Waals surface area (Å²) in [6, 6.07) is 22.1. The smallest absolute Gasteiger partial charge is 0.136 e. The first-order valence-electron chi connectivity index (χ1n) is 10.2. The molecular weight excluding hydrogens is 415 g/mol. The molecule has 2 heterocycles. The van der Waals surface area contributed by atoms with Crippen LogP contribution in [0.15, 0.2) is 66.7 Å². The third-order valence-electron chi connectivity index (χ3n) is 5.74. The molecule has 3 nitrogen and oxygen atoms in total. The van der Waals surface area contributed by atoms with Crippen molar-refractivity contribution in [2.75, 3.05) is 26.2 Å². The Morgan fingerprint density at radius 2 is 1.43 bits per heavy atom. The van der Waals surface area contributed by atoms with Crippen LogP contribution in [-0.4, -0.2) is 36.0 Å². The molecule has 0 aliphatic carbocycles. The predicted molar refractivity (Wildman–Crippen MR) is 124 cm³/mol. The topological polar surface area (TPSA) is 15.7 Å². The molecule has 3 aromatic carbocycles.